The molecule has 2 amide bonds. The summed E-state index contributed by atoms with van der Waals surface area (Å²) in [5, 5.41) is 2.96. The molecule has 2 aromatic rings. The predicted molar refractivity (Wildman–Crippen MR) is 98.1 cm³/mol. The number of nitrogens with zero attached hydrogens (tertiary/aromatic N) is 1. The van der Waals surface area contributed by atoms with Crippen molar-refractivity contribution in [1.82, 2.24) is 10.2 Å². The molecule has 1 heterocycles. The predicted octanol–water partition coefficient (Wildman–Crippen LogP) is 3.18. The zero-order chi connectivity index (χ0) is 19.2. The van der Waals surface area contributed by atoms with Crippen LogP contribution in [0.3, 0.4) is 0 Å². The lowest BCUT2D eigenvalue weighted by molar-refractivity contribution is -0.126. The average molecular weight is 372 g/mol. The van der Waals surface area contributed by atoms with E-state index in [2.05, 4.69) is 5.32 Å². The van der Waals surface area contributed by atoms with E-state index in [0.717, 1.165) is 18.6 Å². The van der Waals surface area contributed by atoms with Crippen molar-refractivity contribution in [3.63, 3.8) is 0 Å². The lowest BCUT2D eigenvalue weighted by atomic mass is 9.95. The molecule has 1 N–H and O–H groups in total. The summed E-state index contributed by atoms with van der Waals surface area (Å²) in [4.78, 5) is 26.3. The van der Waals surface area contributed by atoms with Gasteiger partial charge in [0.05, 0.1) is 0 Å². The highest BCUT2D eigenvalue weighted by Crippen LogP contribution is 2.20. The van der Waals surface area contributed by atoms with E-state index in [1.807, 2.05) is 30.3 Å². The number of nitrogens with one attached hydrogen (secondary N) is 1. The summed E-state index contributed by atoms with van der Waals surface area (Å²) in [6.45, 7) is 1.43. The molecule has 142 valence electrons. The molecule has 6 heteroatoms. The zero-order valence-corrected chi connectivity index (χ0v) is 15.0. The van der Waals surface area contributed by atoms with Crippen molar-refractivity contribution in [3.05, 3.63) is 71.3 Å². The van der Waals surface area contributed by atoms with E-state index in [1.54, 1.807) is 4.90 Å². The molecule has 0 radical (unpaired) electrons. The minimum absolute atomic E-state index is 0.00542. The van der Waals surface area contributed by atoms with Gasteiger partial charge in [-0.25, -0.2) is 8.78 Å². The Morgan fingerprint density at radius 3 is 2.37 bits per heavy atom. The summed E-state index contributed by atoms with van der Waals surface area (Å²) in [6.07, 6.45) is 1.90. The van der Waals surface area contributed by atoms with E-state index < -0.39 is 11.6 Å². The first kappa shape index (κ1) is 19.0. The standard InChI is InChI=1S/C21H22F2N2O2/c22-18-7-6-17(14-19(18)23)21(27)25-12-9-16(10-13-25)20(26)24-11-8-15-4-2-1-3-5-15/h1-7,14,16H,8-13H2,(H,24,26). The molecule has 27 heavy (non-hydrogen) atoms. The van der Waals surface area contributed by atoms with Crippen molar-refractivity contribution in [3.8, 4) is 0 Å². The van der Waals surface area contributed by atoms with Crippen LogP contribution in [-0.4, -0.2) is 36.3 Å². The molecule has 4 nitrogen and oxygen atoms in total. The SMILES string of the molecule is O=C(NCCc1ccccc1)C1CCN(C(=O)c2ccc(F)c(F)c2)CC1. The maximum absolute atomic E-state index is 13.3. The first-order chi connectivity index (χ1) is 13.0. The van der Waals surface area contributed by atoms with Crippen LogP contribution in [0.1, 0.15) is 28.8 Å². The van der Waals surface area contributed by atoms with Crippen LogP contribution >= 0.6 is 0 Å². The van der Waals surface area contributed by atoms with Crippen LogP contribution < -0.4 is 5.32 Å². The van der Waals surface area contributed by atoms with Crippen LogP contribution in [0.25, 0.3) is 0 Å². The molecule has 0 spiro atoms. The largest absolute Gasteiger partial charge is 0.356 e. The van der Waals surface area contributed by atoms with Gasteiger partial charge in [0, 0.05) is 31.1 Å². The first-order valence-corrected chi connectivity index (χ1v) is 9.10. The fourth-order valence-electron chi connectivity index (χ4n) is 3.28. The van der Waals surface area contributed by atoms with Gasteiger partial charge in [-0.05, 0) is 43.0 Å². The van der Waals surface area contributed by atoms with Crippen LogP contribution in [0.2, 0.25) is 0 Å². The summed E-state index contributed by atoms with van der Waals surface area (Å²) < 4.78 is 26.3. The molecule has 3 rings (SSSR count). The van der Waals surface area contributed by atoms with E-state index in [0.29, 0.717) is 32.5 Å². The number of hydrogen-bond acceptors (Lipinski definition) is 2. The molecule has 0 aliphatic carbocycles. The Balaban J connectivity index is 1.45. The van der Waals surface area contributed by atoms with E-state index in [4.69, 9.17) is 0 Å². The number of carbonyl (C=O) groups is 2. The fourth-order valence-corrected chi connectivity index (χ4v) is 3.28. The molecule has 1 saturated heterocycles. The van der Waals surface area contributed by atoms with Gasteiger partial charge < -0.3 is 10.2 Å². The Bertz CT molecular complexity index is 803. The van der Waals surface area contributed by atoms with Crippen molar-refractivity contribution in [2.45, 2.75) is 19.3 Å². The van der Waals surface area contributed by atoms with Gasteiger partial charge in [0.25, 0.3) is 5.91 Å². The van der Waals surface area contributed by atoms with Crippen molar-refractivity contribution in [2.24, 2.45) is 5.92 Å². The van der Waals surface area contributed by atoms with Crippen molar-refractivity contribution >= 4 is 11.8 Å². The first-order valence-electron chi connectivity index (χ1n) is 9.10. The highest BCUT2D eigenvalue weighted by Gasteiger charge is 2.28. The average Bonchev–Trinajstić information content (AvgIpc) is 2.70. The molecule has 0 aromatic heterocycles. The topological polar surface area (TPSA) is 49.4 Å². The van der Waals surface area contributed by atoms with Gasteiger partial charge in [0.1, 0.15) is 0 Å². The Kier molecular flexibility index (Phi) is 6.16. The van der Waals surface area contributed by atoms with Gasteiger partial charge in [0.15, 0.2) is 11.6 Å². The van der Waals surface area contributed by atoms with Gasteiger partial charge in [0.2, 0.25) is 5.91 Å². The summed E-state index contributed by atoms with van der Waals surface area (Å²) in [5.74, 6) is -2.47. The highest BCUT2D eigenvalue weighted by atomic mass is 19.2. The molecule has 2 aromatic carbocycles. The van der Waals surface area contributed by atoms with Crippen molar-refractivity contribution in [2.75, 3.05) is 19.6 Å². The second-order valence-corrected chi connectivity index (χ2v) is 6.72. The van der Waals surface area contributed by atoms with E-state index in [1.165, 1.54) is 11.6 Å². The molecule has 1 fully saturated rings. The maximum Gasteiger partial charge on any atom is 0.253 e. The maximum atomic E-state index is 13.3. The summed E-state index contributed by atoms with van der Waals surface area (Å²) in [5.41, 5.74) is 1.30. The number of amides is 2. The van der Waals surface area contributed by atoms with Crippen LogP contribution in [0.4, 0.5) is 8.78 Å². The molecule has 0 atom stereocenters. The molecular formula is C21H22F2N2O2. The molecule has 0 saturated carbocycles. The third-order valence-corrected chi connectivity index (χ3v) is 4.88. The summed E-state index contributed by atoms with van der Waals surface area (Å²) in [6, 6.07) is 13.1. The lowest BCUT2D eigenvalue weighted by Crippen LogP contribution is -2.43. The van der Waals surface area contributed by atoms with Crippen LogP contribution in [0.15, 0.2) is 48.5 Å². The number of likely N-dealkylation sites (tertiary alicyclic amines) is 1. The van der Waals surface area contributed by atoms with Crippen LogP contribution in [0.5, 0.6) is 0 Å². The molecular weight excluding hydrogens is 350 g/mol. The van der Waals surface area contributed by atoms with Gasteiger partial charge in [-0.15, -0.1) is 0 Å². The van der Waals surface area contributed by atoms with Gasteiger partial charge in [-0.1, -0.05) is 30.3 Å². The van der Waals surface area contributed by atoms with Crippen molar-refractivity contribution < 1.29 is 18.4 Å². The van der Waals surface area contributed by atoms with Gasteiger partial charge in [-0.3, -0.25) is 9.59 Å². The fraction of sp³-hybridized carbons (Fsp3) is 0.333. The smallest absolute Gasteiger partial charge is 0.253 e. The second kappa shape index (κ2) is 8.75. The highest BCUT2D eigenvalue weighted by molar-refractivity contribution is 5.94. The molecule has 1 aliphatic heterocycles. The normalized spacial score (nSPS) is 14.8. The minimum atomic E-state index is -1.03. The second-order valence-electron chi connectivity index (χ2n) is 6.72. The Labute approximate surface area is 157 Å². The van der Waals surface area contributed by atoms with E-state index >= 15 is 0 Å². The number of carbonyl (C=O) groups excluding carboxylic acids is 2. The number of benzene rings is 2. The third-order valence-electron chi connectivity index (χ3n) is 4.88. The van der Waals surface area contributed by atoms with E-state index in [-0.39, 0.29) is 23.3 Å². The quantitative estimate of drug-likeness (QED) is 0.876. The van der Waals surface area contributed by atoms with Gasteiger partial charge >= 0.3 is 0 Å². The summed E-state index contributed by atoms with van der Waals surface area (Å²) in [7, 11) is 0. The number of halogens is 2. The molecule has 0 unspecified atom stereocenters. The molecule has 1 aliphatic rings. The minimum Gasteiger partial charge on any atom is -0.356 e. The molecule has 0 bridgehead atoms. The van der Waals surface area contributed by atoms with E-state index in [9.17, 15) is 18.4 Å². The Morgan fingerprint density at radius 1 is 1.00 bits per heavy atom. The van der Waals surface area contributed by atoms with Crippen molar-refractivity contribution in [1.29, 1.82) is 0 Å². The third kappa shape index (κ3) is 4.90. The zero-order valence-electron chi connectivity index (χ0n) is 15.0. The number of rotatable bonds is 5. The monoisotopic (exact) mass is 372 g/mol. The van der Waals surface area contributed by atoms with Crippen LogP contribution in [-0.2, 0) is 11.2 Å². The number of hydrogen-bond donors (Lipinski definition) is 1. The summed E-state index contributed by atoms with van der Waals surface area (Å²) >= 11 is 0. The Hall–Kier alpha value is -2.76. The Morgan fingerprint density at radius 2 is 1.70 bits per heavy atom. The lowest BCUT2D eigenvalue weighted by Gasteiger charge is -2.31. The van der Waals surface area contributed by atoms with Crippen LogP contribution in [0, 0.1) is 17.6 Å². The van der Waals surface area contributed by atoms with Gasteiger partial charge in [-0.2, -0.15) is 0 Å². The number of piperidine rings is 1.